The van der Waals surface area contributed by atoms with Crippen LogP contribution in [0.1, 0.15) is 29.0 Å². The molecule has 1 aliphatic rings. The number of hydrogen-bond acceptors (Lipinski definition) is 4. The Labute approximate surface area is 146 Å². The summed E-state index contributed by atoms with van der Waals surface area (Å²) in [6, 6.07) is 7.59. The number of rotatable bonds is 4. The zero-order chi connectivity index (χ0) is 17.1. The minimum Gasteiger partial charge on any atom is -0.497 e. The number of nitrogens with zero attached hydrogens (tertiary/aromatic N) is 1. The number of thiophene rings is 1. The molecule has 1 aliphatic heterocycles. The SMILES string of the molecule is COc1ccc([C@@H](C)NC(=O)N2CCc3ccsc3C2)c(OC)c1. The maximum absolute atomic E-state index is 12.6. The minimum absolute atomic E-state index is 0.0422. The molecule has 0 unspecified atom stereocenters. The van der Waals surface area contributed by atoms with E-state index >= 15 is 0 Å². The summed E-state index contributed by atoms with van der Waals surface area (Å²) in [5.74, 6) is 1.44. The smallest absolute Gasteiger partial charge is 0.318 e. The quantitative estimate of drug-likeness (QED) is 0.920. The van der Waals surface area contributed by atoms with Crippen molar-refractivity contribution in [3.63, 3.8) is 0 Å². The number of carbonyl (C=O) groups is 1. The molecule has 0 bridgehead atoms. The highest BCUT2D eigenvalue weighted by molar-refractivity contribution is 7.10. The van der Waals surface area contributed by atoms with Crippen molar-refractivity contribution < 1.29 is 14.3 Å². The first-order valence-electron chi connectivity index (χ1n) is 7.95. The molecule has 1 aromatic heterocycles. The third-order valence-electron chi connectivity index (χ3n) is 4.36. The predicted molar refractivity (Wildman–Crippen MR) is 94.9 cm³/mol. The lowest BCUT2D eigenvalue weighted by Crippen LogP contribution is -2.43. The summed E-state index contributed by atoms with van der Waals surface area (Å²) in [4.78, 5) is 15.7. The van der Waals surface area contributed by atoms with Gasteiger partial charge in [0.1, 0.15) is 11.5 Å². The lowest BCUT2D eigenvalue weighted by molar-refractivity contribution is 0.189. The van der Waals surface area contributed by atoms with Gasteiger partial charge in [-0.15, -0.1) is 11.3 Å². The second-order valence-electron chi connectivity index (χ2n) is 5.82. The van der Waals surface area contributed by atoms with Crippen molar-refractivity contribution in [2.75, 3.05) is 20.8 Å². The maximum atomic E-state index is 12.6. The number of benzene rings is 1. The van der Waals surface area contributed by atoms with Crippen LogP contribution in [0, 0.1) is 0 Å². The molecule has 6 heteroatoms. The molecular formula is C18H22N2O3S. The van der Waals surface area contributed by atoms with E-state index in [9.17, 15) is 4.79 Å². The number of fused-ring (bicyclic) bond motifs is 1. The Morgan fingerprint density at radius 2 is 2.12 bits per heavy atom. The van der Waals surface area contributed by atoms with Crippen molar-refractivity contribution in [1.82, 2.24) is 10.2 Å². The molecule has 0 fully saturated rings. The van der Waals surface area contributed by atoms with Gasteiger partial charge in [-0.3, -0.25) is 0 Å². The second-order valence-corrected chi connectivity index (χ2v) is 6.82. The molecular weight excluding hydrogens is 324 g/mol. The van der Waals surface area contributed by atoms with E-state index in [2.05, 4.69) is 16.8 Å². The number of hydrogen-bond donors (Lipinski definition) is 1. The number of nitrogens with one attached hydrogen (secondary N) is 1. The van der Waals surface area contributed by atoms with Crippen molar-refractivity contribution >= 4 is 17.4 Å². The van der Waals surface area contributed by atoms with E-state index in [1.54, 1.807) is 25.6 Å². The first-order chi connectivity index (χ1) is 11.6. The Bertz CT molecular complexity index is 729. The largest absolute Gasteiger partial charge is 0.497 e. The normalized spacial score (nSPS) is 14.7. The number of amides is 2. The molecule has 2 aromatic rings. The van der Waals surface area contributed by atoms with Gasteiger partial charge in [0.2, 0.25) is 0 Å². The second kappa shape index (κ2) is 7.13. The van der Waals surface area contributed by atoms with Crippen LogP contribution in [0.15, 0.2) is 29.6 Å². The number of urea groups is 1. The fourth-order valence-electron chi connectivity index (χ4n) is 2.94. The molecule has 0 saturated carbocycles. The Morgan fingerprint density at radius 1 is 1.29 bits per heavy atom. The van der Waals surface area contributed by atoms with Gasteiger partial charge in [0.15, 0.2) is 0 Å². The van der Waals surface area contributed by atoms with Crippen LogP contribution in [0.2, 0.25) is 0 Å². The Kier molecular flexibility index (Phi) is 4.94. The van der Waals surface area contributed by atoms with E-state index in [1.165, 1.54) is 10.4 Å². The van der Waals surface area contributed by atoms with Crippen molar-refractivity contribution in [2.45, 2.75) is 25.9 Å². The average molecular weight is 346 g/mol. The van der Waals surface area contributed by atoms with Crippen molar-refractivity contribution in [3.8, 4) is 11.5 Å². The van der Waals surface area contributed by atoms with Crippen LogP contribution >= 0.6 is 11.3 Å². The molecule has 0 saturated heterocycles. The lowest BCUT2D eigenvalue weighted by atomic mass is 10.1. The fraction of sp³-hybridized carbons (Fsp3) is 0.389. The van der Waals surface area contributed by atoms with Crippen molar-refractivity contribution in [1.29, 1.82) is 0 Å². The van der Waals surface area contributed by atoms with Crippen LogP contribution in [0.25, 0.3) is 0 Å². The monoisotopic (exact) mass is 346 g/mol. The van der Waals surface area contributed by atoms with Crippen LogP contribution in [-0.2, 0) is 13.0 Å². The first-order valence-corrected chi connectivity index (χ1v) is 8.83. The van der Waals surface area contributed by atoms with E-state index in [0.717, 1.165) is 24.3 Å². The van der Waals surface area contributed by atoms with Gasteiger partial charge in [-0.2, -0.15) is 0 Å². The van der Waals surface area contributed by atoms with Gasteiger partial charge in [0.25, 0.3) is 0 Å². The topological polar surface area (TPSA) is 50.8 Å². The van der Waals surface area contributed by atoms with E-state index in [-0.39, 0.29) is 12.1 Å². The molecule has 1 aromatic carbocycles. The first kappa shape index (κ1) is 16.6. The molecule has 0 aliphatic carbocycles. The summed E-state index contributed by atoms with van der Waals surface area (Å²) < 4.78 is 10.6. The van der Waals surface area contributed by atoms with Crippen LogP contribution in [-0.4, -0.2) is 31.7 Å². The Morgan fingerprint density at radius 3 is 2.88 bits per heavy atom. The molecule has 0 spiro atoms. The number of methoxy groups -OCH3 is 2. The summed E-state index contributed by atoms with van der Waals surface area (Å²) in [5, 5.41) is 5.17. The average Bonchev–Trinajstić information content (AvgIpc) is 3.08. The standard InChI is InChI=1S/C18H22N2O3S/c1-12(15-5-4-14(22-2)10-16(15)23-3)19-18(21)20-8-6-13-7-9-24-17(13)11-20/h4-5,7,9-10,12H,6,8,11H2,1-3H3,(H,19,21)/t12-/m1/s1. The Balaban J connectivity index is 1.68. The van der Waals surface area contributed by atoms with E-state index < -0.39 is 0 Å². The molecule has 128 valence electrons. The van der Waals surface area contributed by atoms with Gasteiger partial charge in [0, 0.05) is 23.1 Å². The van der Waals surface area contributed by atoms with Gasteiger partial charge in [-0.1, -0.05) is 0 Å². The zero-order valence-electron chi connectivity index (χ0n) is 14.2. The van der Waals surface area contributed by atoms with Gasteiger partial charge in [-0.25, -0.2) is 4.79 Å². The number of ether oxygens (including phenoxy) is 2. The van der Waals surface area contributed by atoms with Crippen molar-refractivity contribution in [2.24, 2.45) is 0 Å². The Hall–Kier alpha value is -2.21. The summed E-state index contributed by atoms with van der Waals surface area (Å²) in [7, 11) is 3.24. The molecule has 2 heterocycles. The number of carbonyl (C=O) groups excluding carboxylic acids is 1. The molecule has 1 atom stereocenters. The summed E-state index contributed by atoms with van der Waals surface area (Å²) in [6.45, 7) is 3.40. The third kappa shape index (κ3) is 3.33. The van der Waals surface area contributed by atoms with E-state index in [1.807, 2.05) is 30.0 Å². The van der Waals surface area contributed by atoms with Gasteiger partial charge >= 0.3 is 6.03 Å². The fourth-order valence-corrected chi connectivity index (χ4v) is 3.89. The zero-order valence-corrected chi connectivity index (χ0v) is 15.0. The summed E-state index contributed by atoms with van der Waals surface area (Å²) in [5.41, 5.74) is 2.30. The maximum Gasteiger partial charge on any atom is 0.318 e. The van der Waals surface area contributed by atoms with Crippen molar-refractivity contribution in [3.05, 3.63) is 45.6 Å². The van der Waals surface area contributed by atoms with Crippen LogP contribution in [0.4, 0.5) is 4.79 Å². The third-order valence-corrected chi connectivity index (χ3v) is 5.31. The molecule has 2 amide bonds. The highest BCUT2D eigenvalue weighted by Crippen LogP contribution is 2.30. The van der Waals surface area contributed by atoms with Gasteiger partial charge < -0.3 is 19.7 Å². The van der Waals surface area contributed by atoms with Crippen LogP contribution in [0.5, 0.6) is 11.5 Å². The summed E-state index contributed by atoms with van der Waals surface area (Å²) in [6.07, 6.45) is 0.923. The van der Waals surface area contributed by atoms with E-state index in [0.29, 0.717) is 12.3 Å². The highest BCUT2D eigenvalue weighted by atomic mass is 32.1. The molecule has 5 nitrogen and oxygen atoms in total. The minimum atomic E-state index is -0.150. The molecule has 1 N–H and O–H groups in total. The van der Waals surface area contributed by atoms with E-state index in [4.69, 9.17) is 9.47 Å². The van der Waals surface area contributed by atoms with Gasteiger partial charge in [0.05, 0.1) is 26.8 Å². The molecule has 24 heavy (non-hydrogen) atoms. The van der Waals surface area contributed by atoms with Gasteiger partial charge in [-0.05, 0) is 42.5 Å². The highest BCUT2D eigenvalue weighted by Gasteiger charge is 2.23. The molecule has 0 radical (unpaired) electrons. The predicted octanol–water partition coefficient (Wildman–Crippen LogP) is 3.59. The lowest BCUT2D eigenvalue weighted by Gasteiger charge is -2.29. The van der Waals surface area contributed by atoms with Crippen LogP contribution < -0.4 is 14.8 Å². The van der Waals surface area contributed by atoms with Crippen LogP contribution in [0.3, 0.4) is 0 Å². The molecule has 3 rings (SSSR count). The summed E-state index contributed by atoms with van der Waals surface area (Å²) >= 11 is 1.72.